The Morgan fingerprint density at radius 2 is 1.95 bits per heavy atom. The molecule has 4 heteroatoms. The van der Waals surface area contributed by atoms with Crippen LogP contribution in [0.3, 0.4) is 0 Å². The van der Waals surface area contributed by atoms with E-state index < -0.39 is 6.10 Å². The molecule has 0 saturated heterocycles. The summed E-state index contributed by atoms with van der Waals surface area (Å²) in [5.41, 5.74) is 4.19. The fraction of sp³-hybridized carbons (Fsp3) is 0.250. The molecule has 96 valence electrons. The van der Waals surface area contributed by atoms with Crippen molar-refractivity contribution in [2.75, 3.05) is 0 Å². The molecule has 1 heterocycles. The van der Waals surface area contributed by atoms with Gasteiger partial charge >= 0.3 is 0 Å². The second-order valence-electron chi connectivity index (χ2n) is 5.25. The van der Waals surface area contributed by atoms with Gasteiger partial charge in [-0.05, 0) is 24.1 Å². The lowest BCUT2D eigenvalue weighted by molar-refractivity contribution is 0.0212. The van der Waals surface area contributed by atoms with Crippen LogP contribution in [0.15, 0.2) is 36.4 Å². The summed E-state index contributed by atoms with van der Waals surface area (Å²) in [5.74, 6) is 0.745. The van der Waals surface area contributed by atoms with E-state index in [0.29, 0.717) is 11.9 Å². The number of rotatable bonds is 1. The lowest BCUT2D eigenvalue weighted by Crippen LogP contribution is -2.33. The maximum atomic E-state index is 10.3. The number of aliphatic hydroxyl groups excluding tert-OH is 1. The van der Waals surface area contributed by atoms with E-state index in [1.807, 2.05) is 43.3 Å². The third-order valence-corrected chi connectivity index (χ3v) is 3.81. The Hall–Kier alpha value is -1.67. The topological polar surface area (TPSA) is 29.5 Å². The van der Waals surface area contributed by atoms with Crippen LogP contribution in [0.5, 0.6) is 5.75 Å². The molecule has 0 aromatic heterocycles. The summed E-state index contributed by atoms with van der Waals surface area (Å²) in [7, 11) is 11.8. The molecular formula is C16H14B2O2. The van der Waals surface area contributed by atoms with E-state index in [0.717, 1.165) is 27.9 Å². The minimum Gasteiger partial charge on any atom is -0.483 e. The van der Waals surface area contributed by atoms with Gasteiger partial charge in [0.15, 0.2) is 0 Å². The third kappa shape index (κ3) is 2.25. The molecule has 1 N–H and O–H groups in total. The number of ether oxygens (including phenoxy) is 1. The van der Waals surface area contributed by atoms with Gasteiger partial charge in [-0.1, -0.05) is 46.8 Å². The van der Waals surface area contributed by atoms with E-state index in [1.165, 1.54) is 0 Å². The zero-order valence-corrected chi connectivity index (χ0v) is 11.3. The molecule has 20 heavy (non-hydrogen) atoms. The molecule has 2 nitrogen and oxygen atoms in total. The standard InChI is InChI=1S/C16H14B2O2/c1-9-7-10(5-6-12(9)17)16-14(19)8-11-13(18)3-2-4-15(11)20-16/h2-7,14,16,19H,8H2,1H3/t14-,16-/m0/s1. The first-order valence-corrected chi connectivity index (χ1v) is 6.64. The monoisotopic (exact) mass is 260 g/mol. The van der Waals surface area contributed by atoms with Crippen molar-refractivity contribution >= 4 is 26.6 Å². The van der Waals surface area contributed by atoms with Gasteiger partial charge in [0.05, 0.1) is 6.10 Å². The number of hydrogen-bond donors (Lipinski definition) is 1. The highest BCUT2D eigenvalue weighted by Crippen LogP contribution is 2.34. The maximum Gasteiger partial charge on any atom is 0.150 e. The number of hydrogen-bond acceptors (Lipinski definition) is 2. The van der Waals surface area contributed by atoms with Crippen LogP contribution in [0, 0.1) is 6.92 Å². The van der Waals surface area contributed by atoms with Crippen molar-refractivity contribution in [3.8, 4) is 5.75 Å². The summed E-state index contributed by atoms with van der Waals surface area (Å²) in [4.78, 5) is 0. The SMILES string of the molecule is [B]c1ccc([C@@H]2Oc3cccc([B])c3C[C@@H]2O)cc1C. The first-order chi connectivity index (χ1) is 9.56. The normalized spacial score (nSPS) is 21.1. The lowest BCUT2D eigenvalue weighted by atomic mass is 9.83. The number of aryl methyl sites for hydroxylation is 1. The van der Waals surface area contributed by atoms with Gasteiger partial charge in [0.25, 0.3) is 0 Å². The summed E-state index contributed by atoms with van der Waals surface area (Å²) < 4.78 is 5.94. The summed E-state index contributed by atoms with van der Waals surface area (Å²) in [6.45, 7) is 1.94. The molecule has 0 aliphatic carbocycles. The van der Waals surface area contributed by atoms with Crippen molar-refractivity contribution in [3.63, 3.8) is 0 Å². The largest absolute Gasteiger partial charge is 0.483 e. The molecule has 1 aliphatic rings. The van der Waals surface area contributed by atoms with Crippen LogP contribution in [0.1, 0.15) is 22.8 Å². The first kappa shape index (κ1) is 13.3. The molecule has 1 aliphatic heterocycles. The molecule has 0 spiro atoms. The average Bonchev–Trinajstić information content (AvgIpc) is 2.42. The number of aliphatic hydroxyl groups is 1. The van der Waals surface area contributed by atoms with E-state index in [1.54, 1.807) is 0 Å². The molecule has 0 unspecified atom stereocenters. The Kier molecular flexibility index (Phi) is 3.35. The van der Waals surface area contributed by atoms with Crippen molar-refractivity contribution in [2.45, 2.75) is 25.6 Å². The summed E-state index contributed by atoms with van der Waals surface area (Å²) in [6.07, 6.45) is -0.505. The van der Waals surface area contributed by atoms with E-state index in [9.17, 15) is 5.11 Å². The van der Waals surface area contributed by atoms with E-state index >= 15 is 0 Å². The van der Waals surface area contributed by atoms with Gasteiger partial charge in [-0.2, -0.15) is 0 Å². The molecule has 4 radical (unpaired) electrons. The Labute approximate surface area is 121 Å². The third-order valence-electron chi connectivity index (χ3n) is 3.81. The zero-order valence-electron chi connectivity index (χ0n) is 11.3. The van der Waals surface area contributed by atoms with Crippen LogP contribution in [0.4, 0.5) is 0 Å². The van der Waals surface area contributed by atoms with Crippen molar-refractivity contribution in [1.29, 1.82) is 0 Å². The molecule has 0 saturated carbocycles. The quantitative estimate of drug-likeness (QED) is 0.761. The van der Waals surface area contributed by atoms with Gasteiger partial charge in [-0.15, -0.1) is 0 Å². The fourth-order valence-corrected chi connectivity index (χ4v) is 2.61. The van der Waals surface area contributed by atoms with Crippen LogP contribution >= 0.6 is 0 Å². The molecule has 2 aromatic rings. The smallest absolute Gasteiger partial charge is 0.150 e. The minimum atomic E-state index is -0.616. The van der Waals surface area contributed by atoms with Crippen molar-refractivity contribution in [3.05, 3.63) is 53.1 Å². The Morgan fingerprint density at radius 1 is 1.15 bits per heavy atom. The van der Waals surface area contributed by atoms with Crippen LogP contribution < -0.4 is 15.7 Å². The van der Waals surface area contributed by atoms with E-state index in [2.05, 4.69) is 0 Å². The summed E-state index contributed by atoms with van der Waals surface area (Å²) in [5, 5.41) is 10.3. The Balaban J connectivity index is 1.98. The lowest BCUT2D eigenvalue weighted by Gasteiger charge is -2.32. The minimum absolute atomic E-state index is 0.386. The molecule has 0 bridgehead atoms. The van der Waals surface area contributed by atoms with Gasteiger partial charge in [0.2, 0.25) is 0 Å². The summed E-state index contributed by atoms with van der Waals surface area (Å²) in [6, 6.07) is 11.3. The van der Waals surface area contributed by atoms with Gasteiger partial charge < -0.3 is 9.84 Å². The number of benzene rings is 2. The van der Waals surface area contributed by atoms with Crippen molar-refractivity contribution in [2.24, 2.45) is 0 Å². The highest BCUT2D eigenvalue weighted by Gasteiger charge is 2.30. The van der Waals surface area contributed by atoms with E-state index in [4.69, 9.17) is 20.4 Å². The predicted molar refractivity (Wildman–Crippen MR) is 81.5 cm³/mol. The molecule has 0 amide bonds. The van der Waals surface area contributed by atoms with Gasteiger partial charge in [-0.3, -0.25) is 0 Å². The van der Waals surface area contributed by atoms with Gasteiger partial charge in [-0.25, -0.2) is 0 Å². The Morgan fingerprint density at radius 3 is 2.70 bits per heavy atom. The van der Waals surface area contributed by atoms with Crippen LogP contribution in [0.2, 0.25) is 0 Å². The first-order valence-electron chi connectivity index (χ1n) is 6.64. The van der Waals surface area contributed by atoms with Crippen LogP contribution in [-0.4, -0.2) is 26.9 Å². The molecule has 3 rings (SSSR count). The molecule has 2 atom stereocenters. The van der Waals surface area contributed by atoms with Gasteiger partial charge in [0.1, 0.15) is 27.5 Å². The zero-order chi connectivity index (χ0) is 14.3. The summed E-state index contributed by atoms with van der Waals surface area (Å²) >= 11 is 0. The average molecular weight is 260 g/mol. The number of fused-ring (bicyclic) bond motifs is 1. The maximum absolute atomic E-state index is 10.3. The second-order valence-corrected chi connectivity index (χ2v) is 5.25. The second kappa shape index (κ2) is 5.02. The van der Waals surface area contributed by atoms with Gasteiger partial charge in [0, 0.05) is 6.42 Å². The van der Waals surface area contributed by atoms with Crippen molar-refractivity contribution in [1.82, 2.24) is 0 Å². The van der Waals surface area contributed by atoms with Crippen LogP contribution in [-0.2, 0) is 6.42 Å². The predicted octanol–water partition coefficient (Wildman–Crippen LogP) is 0.620. The molecule has 0 fully saturated rings. The van der Waals surface area contributed by atoms with Crippen LogP contribution in [0.25, 0.3) is 0 Å². The van der Waals surface area contributed by atoms with E-state index in [-0.39, 0.29) is 6.10 Å². The highest BCUT2D eigenvalue weighted by atomic mass is 16.5. The van der Waals surface area contributed by atoms with Crippen molar-refractivity contribution < 1.29 is 9.84 Å². The Bertz CT molecular complexity index is 655. The fourth-order valence-electron chi connectivity index (χ4n) is 2.61. The molecular weight excluding hydrogens is 246 g/mol. The highest BCUT2D eigenvalue weighted by molar-refractivity contribution is 6.33. The molecule has 2 aromatic carbocycles.